The molecule has 0 radical (unpaired) electrons. The minimum atomic E-state index is -0.213. The quantitative estimate of drug-likeness (QED) is 0.428. The van der Waals surface area contributed by atoms with Crippen molar-refractivity contribution in [2.24, 2.45) is 11.8 Å². The van der Waals surface area contributed by atoms with Crippen molar-refractivity contribution >= 4 is 28.6 Å². The molecule has 168 valence electrons. The Bertz CT molecular complexity index is 1230. The molecular formula is C28H27FN2OS. The number of nitrogens with zero attached hydrogens (tertiary/aromatic N) is 1. The molecule has 2 unspecified atom stereocenters. The van der Waals surface area contributed by atoms with Gasteiger partial charge < -0.3 is 5.32 Å². The summed E-state index contributed by atoms with van der Waals surface area (Å²) in [6, 6.07) is 17.8. The van der Waals surface area contributed by atoms with E-state index in [0.29, 0.717) is 17.2 Å². The fraction of sp³-hybridized carbons (Fsp3) is 0.286. The molecule has 33 heavy (non-hydrogen) atoms. The van der Waals surface area contributed by atoms with Crippen molar-refractivity contribution in [3.05, 3.63) is 89.8 Å². The number of allylic oxidation sites excluding steroid dienone is 3. The lowest BCUT2D eigenvalue weighted by Gasteiger charge is -2.27. The summed E-state index contributed by atoms with van der Waals surface area (Å²) in [6.07, 6.45) is 10.00. The fourth-order valence-corrected chi connectivity index (χ4v) is 5.37. The number of carbonyl (C=O) groups is 1. The van der Waals surface area contributed by atoms with E-state index in [1.807, 2.05) is 66.9 Å². The second-order valence-electron chi connectivity index (χ2n) is 8.82. The first kappa shape index (κ1) is 21.9. The van der Waals surface area contributed by atoms with Gasteiger partial charge in [0.1, 0.15) is 5.83 Å². The number of benzene rings is 2. The Morgan fingerprint density at radius 3 is 2.64 bits per heavy atom. The highest BCUT2D eigenvalue weighted by Gasteiger charge is 2.38. The molecule has 1 aromatic heterocycles. The summed E-state index contributed by atoms with van der Waals surface area (Å²) in [5.74, 6) is 0.766. The molecule has 5 rings (SSSR count). The number of thioether (sulfide) groups is 1. The van der Waals surface area contributed by atoms with Gasteiger partial charge in [-0.1, -0.05) is 54.6 Å². The molecular weight excluding hydrogens is 431 g/mol. The lowest BCUT2D eigenvalue weighted by Crippen LogP contribution is -2.42. The van der Waals surface area contributed by atoms with E-state index in [4.69, 9.17) is 4.98 Å². The number of amides is 1. The van der Waals surface area contributed by atoms with Crippen molar-refractivity contribution in [1.82, 2.24) is 10.3 Å². The molecule has 2 atom stereocenters. The van der Waals surface area contributed by atoms with E-state index >= 15 is 0 Å². The van der Waals surface area contributed by atoms with Gasteiger partial charge in [0.15, 0.2) is 0 Å². The van der Waals surface area contributed by atoms with Crippen LogP contribution < -0.4 is 5.32 Å². The van der Waals surface area contributed by atoms with Gasteiger partial charge in [0.2, 0.25) is 0 Å². The van der Waals surface area contributed by atoms with Gasteiger partial charge in [-0.05, 0) is 49.7 Å². The Kier molecular flexibility index (Phi) is 6.32. The minimum absolute atomic E-state index is 0.0165. The molecule has 1 fully saturated rings. The Morgan fingerprint density at radius 2 is 1.91 bits per heavy atom. The van der Waals surface area contributed by atoms with Crippen LogP contribution in [0.15, 0.2) is 78.7 Å². The van der Waals surface area contributed by atoms with Crippen molar-refractivity contribution in [1.29, 1.82) is 0 Å². The van der Waals surface area contributed by atoms with Crippen LogP contribution in [-0.2, 0) is 5.75 Å². The van der Waals surface area contributed by atoms with E-state index < -0.39 is 0 Å². The van der Waals surface area contributed by atoms with Crippen LogP contribution in [0.25, 0.3) is 22.2 Å². The van der Waals surface area contributed by atoms with Gasteiger partial charge in [-0.3, -0.25) is 4.79 Å². The standard InChI is InChI=1S/C28H27FN2OS/c1-33-17-23-25(28(32)31-26(19-14-15-19)20-10-7-11-21(29)16-20)22-12-5-6-13-24(22)30-27(23)18-8-3-2-4-9-18/h2-9,11-13,16,19-20,26H,10,14-15,17H2,1H3,(H,31,32). The van der Waals surface area contributed by atoms with E-state index in [0.717, 1.165) is 47.0 Å². The summed E-state index contributed by atoms with van der Waals surface area (Å²) in [7, 11) is 0. The average molecular weight is 459 g/mol. The molecule has 1 heterocycles. The summed E-state index contributed by atoms with van der Waals surface area (Å²) >= 11 is 1.68. The highest BCUT2D eigenvalue weighted by molar-refractivity contribution is 7.97. The van der Waals surface area contributed by atoms with Crippen LogP contribution in [0.1, 0.15) is 35.2 Å². The molecule has 5 heteroatoms. The van der Waals surface area contributed by atoms with Crippen molar-refractivity contribution in [2.45, 2.75) is 31.1 Å². The Labute approximate surface area is 198 Å². The van der Waals surface area contributed by atoms with Crippen molar-refractivity contribution in [3.8, 4) is 11.3 Å². The average Bonchev–Trinajstić information content (AvgIpc) is 3.68. The lowest BCUT2D eigenvalue weighted by molar-refractivity contribution is 0.0921. The van der Waals surface area contributed by atoms with Crippen LogP contribution in [0.4, 0.5) is 4.39 Å². The number of para-hydroxylation sites is 1. The normalized spacial score (nSPS) is 18.7. The monoisotopic (exact) mass is 458 g/mol. The van der Waals surface area contributed by atoms with Crippen LogP contribution in [0.2, 0.25) is 0 Å². The van der Waals surface area contributed by atoms with Crippen molar-refractivity contribution < 1.29 is 9.18 Å². The first-order valence-corrected chi connectivity index (χ1v) is 12.9. The molecule has 2 aliphatic rings. The highest BCUT2D eigenvalue weighted by atomic mass is 32.2. The zero-order valence-corrected chi connectivity index (χ0v) is 19.4. The molecule has 0 spiro atoms. The smallest absolute Gasteiger partial charge is 0.252 e. The SMILES string of the molecule is CSCc1c(-c2ccccc2)nc2ccccc2c1C(=O)NC(C1C=C(F)C=CC1)C1CC1. The zero-order chi connectivity index (χ0) is 22.8. The molecule has 3 nitrogen and oxygen atoms in total. The fourth-order valence-electron chi connectivity index (χ4n) is 4.80. The maximum absolute atomic E-state index is 14.0. The van der Waals surface area contributed by atoms with E-state index in [1.54, 1.807) is 17.8 Å². The van der Waals surface area contributed by atoms with Crippen LogP contribution in [-0.4, -0.2) is 23.2 Å². The number of nitrogens with one attached hydrogen (secondary N) is 1. The molecule has 0 saturated heterocycles. The number of aromatic nitrogens is 1. The van der Waals surface area contributed by atoms with E-state index in [2.05, 4.69) is 5.32 Å². The zero-order valence-electron chi connectivity index (χ0n) is 18.6. The molecule has 0 aliphatic heterocycles. The summed E-state index contributed by atoms with van der Waals surface area (Å²) in [5.41, 5.74) is 4.30. The molecule has 1 saturated carbocycles. The van der Waals surface area contributed by atoms with Gasteiger partial charge >= 0.3 is 0 Å². The maximum atomic E-state index is 14.0. The third kappa shape index (κ3) is 4.60. The summed E-state index contributed by atoms with van der Waals surface area (Å²) in [5, 5.41) is 4.19. The van der Waals surface area contributed by atoms with Gasteiger partial charge in [-0.25, -0.2) is 9.37 Å². The molecule has 2 aliphatic carbocycles. The third-order valence-electron chi connectivity index (χ3n) is 6.50. The molecule has 2 aromatic carbocycles. The maximum Gasteiger partial charge on any atom is 0.252 e. The molecule has 1 amide bonds. The highest BCUT2D eigenvalue weighted by Crippen LogP contribution is 2.39. The third-order valence-corrected chi connectivity index (χ3v) is 7.08. The van der Waals surface area contributed by atoms with Crippen LogP contribution in [0.3, 0.4) is 0 Å². The first-order valence-electron chi connectivity index (χ1n) is 11.5. The Hall–Kier alpha value is -2.92. The first-order chi connectivity index (χ1) is 16.2. The molecule has 0 bridgehead atoms. The van der Waals surface area contributed by atoms with E-state index in [1.165, 1.54) is 6.08 Å². The molecule has 3 aromatic rings. The van der Waals surface area contributed by atoms with E-state index in [9.17, 15) is 9.18 Å². The van der Waals surface area contributed by atoms with Gasteiger partial charge in [-0.2, -0.15) is 11.8 Å². The van der Waals surface area contributed by atoms with Gasteiger partial charge in [-0.15, -0.1) is 0 Å². The number of carbonyl (C=O) groups excluding carboxylic acids is 1. The van der Waals surface area contributed by atoms with Crippen LogP contribution in [0.5, 0.6) is 0 Å². The van der Waals surface area contributed by atoms with Crippen LogP contribution >= 0.6 is 11.8 Å². The lowest BCUT2D eigenvalue weighted by atomic mass is 9.88. The van der Waals surface area contributed by atoms with Gasteiger partial charge in [0.25, 0.3) is 5.91 Å². The van der Waals surface area contributed by atoms with Crippen molar-refractivity contribution in [3.63, 3.8) is 0 Å². The number of rotatable bonds is 7. The predicted molar refractivity (Wildman–Crippen MR) is 135 cm³/mol. The summed E-state index contributed by atoms with van der Waals surface area (Å²) in [6.45, 7) is 0. The predicted octanol–water partition coefficient (Wildman–Crippen LogP) is 6.70. The summed E-state index contributed by atoms with van der Waals surface area (Å²) < 4.78 is 14.0. The largest absolute Gasteiger partial charge is 0.348 e. The number of hydrogen-bond acceptors (Lipinski definition) is 3. The van der Waals surface area contributed by atoms with Gasteiger partial charge in [0, 0.05) is 34.2 Å². The topological polar surface area (TPSA) is 42.0 Å². The second-order valence-corrected chi connectivity index (χ2v) is 9.69. The van der Waals surface area contributed by atoms with E-state index in [-0.39, 0.29) is 23.7 Å². The Balaban J connectivity index is 1.61. The minimum Gasteiger partial charge on any atom is -0.348 e. The van der Waals surface area contributed by atoms with Crippen molar-refractivity contribution in [2.75, 3.05) is 6.26 Å². The van der Waals surface area contributed by atoms with Gasteiger partial charge in [0.05, 0.1) is 16.8 Å². The van der Waals surface area contributed by atoms with Crippen LogP contribution in [0, 0.1) is 11.8 Å². The summed E-state index contributed by atoms with van der Waals surface area (Å²) in [4.78, 5) is 18.9. The number of pyridine rings is 1. The number of halogens is 1. The Morgan fingerprint density at radius 1 is 1.15 bits per heavy atom. The second kappa shape index (κ2) is 9.52. The number of fused-ring (bicyclic) bond motifs is 1. The molecule has 1 N–H and O–H groups in total. The number of hydrogen-bond donors (Lipinski definition) is 1.